The van der Waals surface area contributed by atoms with Crippen LogP contribution in [0.25, 0.3) is 0 Å². The second-order valence-corrected chi connectivity index (χ2v) is 4.49. The van der Waals surface area contributed by atoms with Crippen molar-refractivity contribution in [1.82, 2.24) is 9.78 Å². The van der Waals surface area contributed by atoms with E-state index in [4.69, 9.17) is 28.9 Å². The second kappa shape index (κ2) is 4.88. The van der Waals surface area contributed by atoms with Crippen LogP contribution in [0, 0.1) is 0 Å². The zero-order chi connectivity index (χ0) is 13.3. The second-order valence-electron chi connectivity index (χ2n) is 3.65. The van der Waals surface area contributed by atoms with Crippen molar-refractivity contribution in [2.75, 3.05) is 11.1 Å². The molecule has 7 heteroatoms. The number of amides is 1. The molecule has 0 aliphatic carbocycles. The highest BCUT2D eigenvalue weighted by molar-refractivity contribution is 6.36. The number of nitrogens with one attached hydrogen (secondary N) is 1. The number of carbonyl (C=O) groups is 1. The number of benzene rings is 1. The molecule has 94 valence electrons. The van der Waals surface area contributed by atoms with Crippen molar-refractivity contribution in [3.05, 3.63) is 40.0 Å². The highest BCUT2D eigenvalue weighted by atomic mass is 35.5. The molecule has 1 heterocycles. The van der Waals surface area contributed by atoms with Gasteiger partial charge in [0.2, 0.25) is 0 Å². The number of hydrogen-bond acceptors (Lipinski definition) is 3. The Bertz CT molecular complexity index is 590. The summed E-state index contributed by atoms with van der Waals surface area (Å²) in [5, 5.41) is 7.31. The Kier molecular flexibility index (Phi) is 3.45. The van der Waals surface area contributed by atoms with Crippen LogP contribution in [-0.2, 0) is 7.05 Å². The van der Waals surface area contributed by atoms with Gasteiger partial charge in [0.1, 0.15) is 0 Å². The summed E-state index contributed by atoms with van der Waals surface area (Å²) in [6.07, 6.45) is 1.45. The van der Waals surface area contributed by atoms with Crippen molar-refractivity contribution in [3.63, 3.8) is 0 Å². The molecule has 1 aromatic carbocycles. The van der Waals surface area contributed by atoms with E-state index in [0.717, 1.165) is 0 Å². The molecule has 3 N–H and O–H groups in total. The fourth-order valence-corrected chi connectivity index (χ4v) is 1.83. The first kappa shape index (κ1) is 12.7. The van der Waals surface area contributed by atoms with Crippen molar-refractivity contribution >= 4 is 40.6 Å². The molecule has 2 aromatic rings. The fraction of sp³-hybridized carbons (Fsp3) is 0.0909. The van der Waals surface area contributed by atoms with Crippen molar-refractivity contribution in [3.8, 4) is 0 Å². The number of nitrogens with two attached hydrogens (primary N) is 1. The first-order chi connectivity index (χ1) is 8.49. The predicted octanol–water partition coefficient (Wildman–Crippen LogP) is 2.56. The lowest BCUT2D eigenvalue weighted by Gasteiger charge is -2.08. The van der Waals surface area contributed by atoms with E-state index in [1.807, 2.05) is 0 Å². The van der Waals surface area contributed by atoms with E-state index in [1.165, 1.54) is 16.9 Å². The first-order valence-corrected chi connectivity index (χ1v) is 5.78. The Balaban J connectivity index is 2.30. The minimum absolute atomic E-state index is 0.282. The van der Waals surface area contributed by atoms with E-state index in [-0.39, 0.29) is 5.56 Å². The minimum Gasteiger partial charge on any atom is -0.394 e. The summed E-state index contributed by atoms with van der Waals surface area (Å²) in [6, 6.07) is 4.66. The van der Waals surface area contributed by atoms with Gasteiger partial charge < -0.3 is 11.1 Å². The fourth-order valence-electron chi connectivity index (χ4n) is 1.45. The number of nitrogens with zero attached hydrogens (tertiary/aromatic N) is 2. The average molecular weight is 285 g/mol. The van der Waals surface area contributed by atoms with Crippen LogP contribution in [0.4, 0.5) is 11.5 Å². The number of carbonyl (C=O) groups excluding carboxylic acids is 1. The Hall–Kier alpha value is -1.72. The van der Waals surface area contributed by atoms with Crippen molar-refractivity contribution in [2.45, 2.75) is 0 Å². The van der Waals surface area contributed by atoms with Gasteiger partial charge in [-0.2, -0.15) is 5.10 Å². The van der Waals surface area contributed by atoms with Gasteiger partial charge in [0.25, 0.3) is 5.91 Å². The molecule has 18 heavy (non-hydrogen) atoms. The van der Waals surface area contributed by atoms with Gasteiger partial charge in [0.05, 0.1) is 22.5 Å². The van der Waals surface area contributed by atoms with Crippen LogP contribution in [0.15, 0.2) is 24.4 Å². The summed E-state index contributed by atoms with van der Waals surface area (Å²) in [4.78, 5) is 12.0. The number of aromatic nitrogens is 2. The van der Waals surface area contributed by atoms with Crippen molar-refractivity contribution in [1.29, 1.82) is 0 Å². The summed E-state index contributed by atoms with van der Waals surface area (Å²) in [5.41, 5.74) is 6.34. The third kappa shape index (κ3) is 2.42. The highest BCUT2D eigenvalue weighted by Gasteiger charge is 2.14. The summed E-state index contributed by atoms with van der Waals surface area (Å²) in [7, 11) is 1.67. The molecule has 1 amide bonds. The van der Waals surface area contributed by atoms with Gasteiger partial charge in [-0.1, -0.05) is 23.2 Å². The molecule has 0 fully saturated rings. The van der Waals surface area contributed by atoms with Crippen LogP contribution in [0.2, 0.25) is 10.0 Å². The van der Waals surface area contributed by atoms with E-state index in [0.29, 0.717) is 21.6 Å². The van der Waals surface area contributed by atoms with E-state index >= 15 is 0 Å². The first-order valence-electron chi connectivity index (χ1n) is 5.03. The standard InChI is InChI=1S/C11H10Cl2N4O/c1-17-10(9(14)5-15-17)16-11(18)7-4-6(12)2-3-8(7)13/h2-5H,14H2,1H3,(H,16,18). The third-order valence-corrected chi connectivity index (χ3v) is 2.94. The molecule has 0 saturated heterocycles. The van der Waals surface area contributed by atoms with Gasteiger partial charge in [-0.3, -0.25) is 9.48 Å². The highest BCUT2D eigenvalue weighted by Crippen LogP contribution is 2.23. The largest absolute Gasteiger partial charge is 0.394 e. The molecule has 0 atom stereocenters. The Labute approximate surface area is 113 Å². The maximum atomic E-state index is 12.0. The van der Waals surface area contributed by atoms with Gasteiger partial charge in [-0.05, 0) is 18.2 Å². The molecule has 0 saturated carbocycles. The van der Waals surface area contributed by atoms with E-state index < -0.39 is 5.91 Å². The molecule has 0 spiro atoms. The van der Waals surface area contributed by atoms with E-state index in [9.17, 15) is 4.79 Å². The quantitative estimate of drug-likeness (QED) is 0.890. The van der Waals surface area contributed by atoms with Gasteiger partial charge in [-0.25, -0.2) is 0 Å². The molecule has 0 unspecified atom stereocenters. The zero-order valence-electron chi connectivity index (χ0n) is 9.45. The molecule has 5 nitrogen and oxygen atoms in total. The molecule has 0 aliphatic rings. The number of anilines is 2. The number of hydrogen-bond donors (Lipinski definition) is 2. The Morgan fingerprint density at radius 3 is 2.78 bits per heavy atom. The minimum atomic E-state index is -0.391. The van der Waals surface area contributed by atoms with Crippen LogP contribution in [0.5, 0.6) is 0 Å². The maximum absolute atomic E-state index is 12.0. The van der Waals surface area contributed by atoms with Crippen molar-refractivity contribution in [2.24, 2.45) is 7.05 Å². The van der Waals surface area contributed by atoms with E-state index in [1.54, 1.807) is 19.2 Å². The van der Waals surface area contributed by atoms with Crippen molar-refractivity contribution < 1.29 is 4.79 Å². The Morgan fingerprint density at radius 2 is 2.17 bits per heavy atom. The van der Waals surface area contributed by atoms with Gasteiger partial charge in [0, 0.05) is 12.1 Å². The molecule has 0 bridgehead atoms. The lowest BCUT2D eigenvalue weighted by molar-refractivity contribution is 0.102. The summed E-state index contributed by atoms with van der Waals surface area (Å²) in [6.45, 7) is 0. The smallest absolute Gasteiger partial charge is 0.258 e. The lowest BCUT2D eigenvalue weighted by Crippen LogP contribution is -2.16. The summed E-state index contributed by atoms with van der Waals surface area (Å²) >= 11 is 11.8. The Morgan fingerprint density at radius 1 is 1.44 bits per heavy atom. The molecule has 2 rings (SSSR count). The summed E-state index contributed by atoms with van der Waals surface area (Å²) < 4.78 is 1.46. The zero-order valence-corrected chi connectivity index (χ0v) is 11.0. The maximum Gasteiger partial charge on any atom is 0.258 e. The summed E-state index contributed by atoms with van der Waals surface area (Å²) in [5.74, 6) is 0.0221. The number of halogens is 2. The SMILES string of the molecule is Cn1ncc(N)c1NC(=O)c1cc(Cl)ccc1Cl. The van der Waals surface area contributed by atoms with Crippen LogP contribution in [0.3, 0.4) is 0 Å². The number of nitrogen functional groups attached to an aromatic ring is 1. The van der Waals surface area contributed by atoms with Crippen LogP contribution in [0.1, 0.15) is 10.4 Å². The third-order valence-electron chi connectivity index (χ3n) is 2.37. The molecule has 0 radical (unpaired) electrons. The van der Waals surface area contributed by atoms with Gasteiger partial charge >= 0.3 is 0 Å². The molecule has 1 aromatic heterocycles. The monoisotopic (exact) mass is 284 g/mol. The van der Waals surface area contributed by atoms with Gasteiger partial charge in [0.15, 0.2) is 5.82 Å². The normalized spacial score (nSPS) is 10.4. The average Bonchev–Trinajstić information content (AvgIpc) is 2.64. The molecular formula is C11H10Cl2N4O. The topological polar surface area (TPSA) is 72.9 Å². The van der Waals surface area contributed by atoms with Crippen LogP contribution < -0.4 is 11.1 Å². The molecular weight excluding hydrogens is 275 g/mol. The van der Waals surface area contributed by atoms with Crippen LogP contribution >= 0.6 is 23.2 Å². The lowest BCUT2D eigenvalue weighted by atomic mass is 10.2. The number of aryl methyl sites for hydroxylation is 1. The predicted molar refractivity (Wildman–Crippen MR) is 72.0 cm³/mol. The van der Waals surface area contributed by atoms with Crippen LogP contribution in [-0.4, -0.2) is 15.7 Å². The van der Waals surface area contributed by atoms with Gasteiger partial charge in [-0.15, -0.1) is 0 Å². The molecule has 0 aliphatic heterocycles. The van der Waals surface area contributed by atoms with E-state index in [2.05, 4.69) is 10.4 Å². The number of rotatable bonds is 2.